The lowest BCUT2D eigenvalue weighted by Crippen LogP contribution is -2.48. The number of thiocarbonyl (C=S) groups is 1. The summed E-state index contributed by atoms with van der Waals surface area (Å²) >= 11 is 18.2. The molecule has 1 N–H and O–H groups in total. The maximum absolute atomic E-state index is 13.1. The molecule has 24 heavy (non-hydrogen) atoms. The average molecular weight is 386 g/mol. The van der Waals surface area contributed by atoms with Crippen LogP contribution in [0.5, 0.6) is 0 Å². The fraction of sp³-hybridized carbons (Fsp3) is 0.412. The third-order valence-electron chi connectivity index (χ3n) is 4.32. The maximum atomic E-state index is 13.1. The van der Waals surface area contributed by atoms with Crippen molar-refractivity contribution in [2.24, 2.45) is 0 Å². The van der Waals surface area contributed by atoms with Crippen molar-refractivity contribution in [1.82, 2.24) is 15.1 Å². The molecule has 1 aromatic carbocycles. The topological polar surface area (TPSA) is 35.6 Å². The van der Waals surface area contributed by atoms with Crippen LogP contribution >= 0.6 is 35.4 Å². The van der Waals surface area contributed by atoms with Gasteiger partial charge in [0, 0.05) is 41.4 Å². The van der Waals surface area contributed by atoms with E-state index in [1.54, 1.807) is 28.0 Å². The minimum Gasteiger partial charge on any atom is -0.351 e. The van der Waals surface area contributed by atoms with Crippen LogP contribution in [0.4, 0.5) is 0 Å². The van der Waals surface area contributed by atoms with E-state index in [1.165, 1.54) is 0 Å². The second-order valence-corrected chi connectivity index (χ2v) is 6.75. The molecule has 1 amide bonds. The van der Waals surface area contributed by atoms with Crippen LogP contribution in [0, 0.1) is 0 Å². The SMILES string of the molecule is CCN(CC)C(=O)C1=C(C)N(C)C(=S)NC1c1c(Cl)cccc1Cl. The molecule has 0 aromatic heterocycles. The minimum atomic E-state index is -0.469. The van der Waals surface area contributed by atoms with E-state index in [0.29, 0.717) is 39.4 Å². The highest BCUT2D eigenvalue weighted by molar-refractivity contribution is 7.80. The van der Waals surface area contributed by atoms with E-state index >= 15 is 0 Å². The number of amides is 1. The Bertz CT molecular complexity index is 681. The molecule has 0 saturated heterocycles. The molecule has 0 spiro atoms. The molecule has 1 aliphatic heterocycles. The molecule has 1 heterocycles. The van der Waals surface area contributed by atoms with E-state index in [0.717, 1.165) is 5.70 Å². The van der Waals surface area contributed by atoms with Gasteiger partial charge in [-0.15, -0.1) is 0 Å². The number of rotatable bonds is 4. The summed E-state index contributed by atoms with van der Waals surface area (Å²) < 4.78 is 0. The molecular weight excluding hydrogens is 365 g/mol. The fourth-order valence-corrected chi connectivity index (χ4v) is 3.67. The minimum absolute atomic E-state index is 0.0414. The van der Waals surface area contributed by atoms with Crippen LogP contribution in [0.2, 0.25) is 10.0 Å². The van der Waals surface area contributed by atoms with Gasteiger partial charge in [0.1, 0.15) is 0 Å². The molecule has 0 fully saturated rings. The fourth-order valence-electron chi connectivity index (χ4n) is 2.80. The number of carbonyl (C=O) groups excluding carboxylic acids is 1. The molecule has 0 aliphatic carbocycles. The van der Waals surface area contributed by atoms with E-state index in [1.807, 2.05) is 27.8 Å². The molecule has 1 aliphatic rings. The summed E-state index contributed by atoms with van der Waals surface area (Å²) in [4.78, 5) is 16.7. The summed E-state index contributed by atoms with van der Waals surface area (Å²) in [5, 5.41) is 4.75. The number of allylic oxidation sites excluding steroid dienone is 1. The first kappa shape index (κ1) is 19.0. The maximum Gasteiger partial charge on any atom is 0.253 e. The van der Waals surface area contributed by atoms with Gasteiger partial charge in [-0.2, -0.15) is 0 Å². The highest BCUT2D eigenvalue weighted by Crippen LogP contribution is 2.38. The Hall–Kier alpha value is -1.30. The summed E-state index contributed by atoms with van der Waals surface area (Å²) in [6, 6.07) is 4.84. The van der Waals surface area contributed by atoms with Gasteiger partial charge in [-0.1, -0.05) is 29.3 Å². The normalized spacial score (nSPS) is 17.8. The summed E-state index contributed by atoms with van der Waals surface area (Å²) in [6.45, 7) is 7.06. The van der Waals surface area contributed by atoms with Crippen LogP contribution in [0.15, 0.2) is 29.5 Å². The van der Waals surface area contributed by atoms with E-state index < -0.39 is 6.04 Å². The Kier molecular flexibility index (Phi) is 6.12. The van der Waals surface area contributed by atoms with Crippen molar-refractivity contribution in [3.63, 3.8) is 0 Å². The van der Waals surface area contributed by atoms with Gasteiger partial charge >= 0.3 is 0 Å². The first-order chi connectivity index (χ1) is 11.3. The van der Waals surface area contributed by atoms with Crippen molar-refractivity contribution in [2.75, 3.05) is 20.1 Å². The lowest BCUT2D eigenvalue weighted by Gasteiger charge is -2.37. The summed E-state index contributed by atoms with van der Waals surface area (Å²) in [7, 11) is 1.84. The molecule has 0 saturated carbocycles. The molecule has 1 aromatic rings. The van der Waals surface area contributed by atoms with Crippen molar-refractivity contribution in [3.8, 4) is 0 Å². The summed E-state index contributed by atoms with van der Waals surface area (Å²) in [5.41, 5.74) is 2.09. The zero-order chi connectivity index (χ0) is 18.0. The Balaban J connectivity index is 2.64. The van der Waals surface area contributed by atoms with E-state index in [2.05, 4.69) is 5.32 Å². The number of benzene rings is 1. The lowest BCUT2D eigenvalue weighted by molar-refractivity contribution is -0.127. The summed E-state index contributed by atoms with van der Waals surface area (Å²) in [5.74, 6) is -0.0414. The van der Waals surface area contributed by atoms with E-state index in [-0.39, 0.29) is 5.91 Å². The van der Waals surface area contributed by atoms with Gasteiger partial charge in [-0.3, -0.25) is 4.79 Å². The van der Waals surface area contributed by atoms with Gasteiger partial charge in [0.25, 0.3) is 5.91 Å². The largest absolute Gasteiger partial charge is 0.351 e. The second kappa shape index (κ2) is 7.72. The highest BCUT2D eigenvalue weighted by Gasteiger charge is 2.36. The Labute approximate surface area is 158 Å². The molecule has 4 nitrogen and oxygen atoms in total. The predicted octanol–water partition coefficient (Wildman–Crippen LogP) is 4.00. The van der Waals surface area contributed by atoms with Gasteiger partial charge in [0.2, 0.25) is 0 Å². The van der Waals surface area contributed by atoms with Crippen molar-refractivity contribution >= 4 is 46.4 Å². The number of nitrogens with zero attached hydrogens (tertiary/aromatic N) is 2. The molecule has 1 atom stereocenters. The molecule has 1 unspecified atom stereocenters. The quantitative estimate of drug-likeness (QED) is 0.794. The van der Waals surface area contributed by atoms with E-state index in [9.17, 15) is 4.79 Å². The van der Waals surface area contributed by atoms with Crippen LogP contribution < -0.4 is 5.32 Å². The Morgan fingerprint density at radius 1 is 1.29 bits per heavy atom. The molecule has 0 radical (unpaired) electrons. The zero-order valence-corrected chi connectivity index (χ0v) is 16.5. The van der Waals surface area contributed by atoms with E-state index in [4.69, 9.17) is 35.4 Å². The first-order valence-corrected chi connectivity index (χ1v) is 8.98. The van der Waals surface area contributed by atoms with Crippen molar-refractivity contribution in [2.45, 2.75) is 26.8 Å². The van der Waals surface area contributed by atoms with Crippen molar-refractivity contribution in [3.05, 3.63) is 45.1 Å². The smallest absolute Gasteiger partial charge is 0.253 e. The van der Waals surface area contributed by atoms with Gasteiger partial charge in [0.15, 0.2) is 5.11 Å². The number of likely N-dealkylation sites (N-methyl/N-ethyl adjacent to an activating group) is 1. The van der Waals surface area contributed by atoms with Gasteiger partial charge in [0.05, 0.1) is 11.6 Å². The number of hydrogen-bond donors (Lipinski definition) is 1. The second-order valence-electron chi connectivity index (χ2n) is 5.55. The molecule has 0 bridgehead atoms. The van der Waals surface area contributed by atoms with Crippen LogP contribution in [-0.4, -0.2) is 41.0 Å². The zero-order valence-electron chi connectivity index (χ0n) is 14.2. The average Bonchev–Trinajstić information content (AvgIpc) is 2.53. The molecule has 7 heteroatoms. The Morgan fingerprint density at radius 2 is 1.83 bits per heavy atom. The molecular formula is C17H21Cl2N3OS. The first-order valence-electron chi connectivity index (χ1n) is 7.81. The summed E-state index contributed by atoms with van der Waals surface area (Å²) in [6.07, 6.45) is 0. The van der Waals surface area contributed by atoms with Crippen LogP contribution in [0.3, 0.4) is 0 Å². The third kappa shape index (κ3) is 3.39. The van der Waals surface area contributed by atoms with Crippen LogP contribution in [0.1, 0.15) is 32.4 Å². The van der Waals surface area contributed by atoms with Gasteiger partial charge in [-0.25, -0.2) is 0 Å². The van der Waals surface area contributed by atoms with Gasteiger partial charge in [-0.05, 0) is 45.1 Å². The number of hydrogen-bond acceptors (Lipinski definition) is 2. The highest BCUT2D eigenvalue weighted by atomic mass is 35.5. The monoisotopic (exact) mass is 385 g/mol. The number of halogens is 2. The van der Waals surface area contributed by atoms with Gasteiger partial charge < -0.3 is 15.1 Å². The number of carbonyl (C=O) groups is 1. The lowest BCUT2D eigenvalue weighted by atomic mass is 9.93. The van der Waals surface area contributed by atoms with Crippen molar-refractivity contribution in [1.29, 1.82) is 0 Å². The molecule has 2 rings (SSSR count). The molecule has 130 valence electrons. The third-order valence-corrected chi connectivity index (χ3v) is 5.37. The standard InChI is InChI=1S/C17H21Cl2N3OS/c1-5-22(6-2)16(23)13-10(3)21(4)17(24)20-15(13)14-11(18)8-7-9-12(14)19/h7-9,15H,5-6H2,1-4H3,(H,20,24). The van der Waals surface area contributed by atoms with Crippen molar-refractivity contribution < 1.29 is 4.79 Å². The van der Waals surface area contributed by atoms with Crippen LogP contribution in [-0.2, 0) is 4.79 Å². The predicted molar refractivity (Wildman–Crippen MR) is 103 cm³/mol. The Morgan fingerprint density at radius 3 is 2.33 bits per heavy atom. The van der Waals surface area contributed by atoms with Crippen LogP contribution in [0.25, 0.3) is 0 Å². The number of nitrogens with one attached hydrogen (secondary N) is 1.